The molecule has 3 aliphatic rings. The predicted molar refractivity (Wildman–Crippen MR) is 59.2 cm³/mol. The van der Waals surface area contributed by atoms with E-state index in [1.165, 1.54) is 6.42 Å². The third kappa shape index (κ3) is 1.07. The van der Waals surface area contributed by atoms with Crippen molar-refractivity contribution in [2.24, 2.45) is 0 Å². The average Bonchev–Trinajstić information content (AvgIpc) is 2.68. The molecule has 2 saturated heterocycles. The van der Waals surface area contributed by atoms with Crippen LogP contribution in [0.4, 0.5) is 0 Å². The first-order chi connectivity index (χ1) is 7.72. The maximum atomic E-state index is 12.1. The molecular weight excluding hydrogens is 204 g/mol. The third-order valence-corrected chi connectivity index (χ3v) is 4.29. The second-order valence-corrected chi connectivity index (χ2v) is 5.04. The van der Waals surface area contributed by atoms with Gasteiger partial charge >= 0.3 is 0 Å². The summed E-state index contributed by atoms with van der Waals surface area (Å²) in [5, 5.41) is 0. The minimum Gasteiger partial charge on any atom is -0.297 e. The molecule has 1 aliphatic carbocycles. The average molecular weight is 222 g/mol. The molecule has 4 nitrogen and oxygen atoms in total. The predicted octanol–water partition coefficient (Wildman–Crippen LogP) is 0.0670. The highest BCUT2D eigenvalue weighted by Gasteiger charge is 2.75. The summed E-state index contributed by atoms with van der Waals surface area (Å²) in [6, 6.07) is -0.103. The number of Topliss-reactive ketones (excluding diaryl/α,β-unsaturated/α-hetero) is 2. The number of carbonyl (C=O) groups excluding carboxylic acids is 2. The van der Waals surface area contributed by atoms with Gasteiger partial charge in [0.2, 0.25) is 0 Å². The number of hydrogen-bond donors (Lipinski definition) is 0. The molecule has 88 valence electrons. The Bertz CT molecular complexity index is 347. The highest BCUT2D eigenvalue weighted by Crippen LogP contribution is 2.46. The van der Waals surface area contributed by atoms with E-state index in [-0.39, 0.29) is 17.6 Å². The van der Waals surface area contributed by atoms with Crippen LogP contribution >= 0.6 is 0 Å². The van der Waals surface area contributed by atoms with Gasteiger partial charge in [-0.2, -0.15) is 0 Å². The lowest BCUT2D eigenvalue weighted by atomic mass is 10.00. The van der Waals surface area contributed by atoms with Crippen molar-refractivity contribution in [2.75, 3.05) is 26.2 Å². The van der Waals surface area contributed by atoms with Crippen molar-refractivity contribution >= 4 is 11.6 Å². The fraction of sp³-hybridized carbons (Fsp3) is 0.833. The van der Waals surface area contributed by atoms with E-state index in [1.807, 2.05) is 6.92 Å². The SMILES string of the molecule is CCC(=O)C1(N2CCC2)C(=O)C1N1CCC1. The van der Waals surface area contributed by atoms with Gasteiger partial charge in [0.25, 0.3) is 0 Å². The smallest absolute Gasteiger partial charge is 0.182 e. The molecule has 4 heteroatoms. The molecule has 0 aromatic carbocycles. The number of ketones is 2. The fourth-order valence-electron chi connectivity index (χ4n) is 3.04. The molecular formula is C12H18N2O2. The van der Waals surface area contributed by atoms with Gasteiger partial charge < -0.3 is 0 Å². The minimum atomic E-state index is -0.715. The maximum absolute atomic E-state index is 12.1. The van der Waals surface area contributed by atoms with Crippen molar-refractivity contribution in [2.45, 2.75) is 37.8 Å². The van der Waals surface area contributed by atoms with Crippen molar-refractivity contribution < 1.29 is 9.59 Å². The molecule has 0 radical (unpaired) electrons. The molecule has 0 amide bonds. The lowest BCUT2D eigenvalue weighted by Crippen LogP contribution is -2.57. The van der Waals surface area contributed by atoms with Crippen LogP contribution < -0.4 is 0 Å². The molecule has 0 aromatic rings. The molecule has 0 aromatic heterocycles. The zero-order valence-corrected chi connectivity index (χ0v) is 9.74. The lowest BCUT2D eigenvalue weighted by Gasteiger charge is -2.40. The summed E-state index contributed by atoms with van der Waals surface area (Å²) in [5.74, 6) is 0.299. The Labute approximate surface area is 95.6 Å². The van der Waals surface area contributed by atoms with E-state index in [9.17, 15) is 9.59 Å². The monoisotopic (exact) mass is 222 g/mol. The molecule has 2 atom stereocenters. The van der Waals surface area contributed by atoms with Crippen LogP contribution in [0.5, 0.6) is 0 Å². The van der Waals surface area contributed by atoms with Crippen LogP contribution in [0.3, 0.4) is 0 Å². The Hall–Kier alpha value is -0.740. The van der Waals surface area contributed by atoms with E-state index in [0.717, 1.165) is 32.6 Å². The van der Waals surface area contributed by atoms with Gasteiger partial charge in [0, 0.05) is 32.6 Å². The van der Waals surface area contributed by atoms with Crippen molar-refractivity contribution in [3.8, 4) is 0 Å². The second kappa shape index (κ2) is 3.37. The Balaban J connectivity index is 1.85. The summed E-state index contributed by atoms with van der Waals surface area (Å²) in [5.41, 5.74) is -0.715. The van der Waals surface area contributed by atoms with Crippen LogP contribution in [-0.4, -0.2) is 59.1 Å². The van der Waals surface area contributed by atoms with E-state index >= 15 is 0 Å². The van der Waals surface area contributed by atoms with Gasteiger partial charge in [0.1, 0.15) is 6.04 Å². The van der Waals surface area contributed by atoms with E-state index in [1.54, 1.807) is 0 Å². The molecule has 2 unspecified atom stereocenters. The first-order valence-electron chi connectivity index (χ1n) is 6.29. The summed E-state index contributed by atoms with van der Waals surface area (Å²) < 4.78 is 0. The van der Waals surface area contributed by atoms with Gasteiger partial charge in [-0.05, 0) is 12.8 Å². The van der Waals surface area contributed by atoms with E-state index in [0.29, 0.717) is 6.42 Å². The van der Waals surface area contributed by atoms with Gasteiger partial charge in [0.05, 0.1) is 0 Å². The number of likely N-dealkylation sites (tertiary alicyclic amines) is 2. The molecule has 0 N–H and O–H groups in total. The largest absolute Gasteiger partial charge is 0.297 e. The van der Waals surface area contributed by atoms with E-state index < -0.39 is 5.54 Å². The zero-order chi connectivity index (χ0) is 11.3. The minimum absolute atomic E-state index is 0.103. The number of nitrogens with zero attached hydrogens (tertiary/aromatic N) is 2. The Morgan fingerprint density at radius 3 is 2.31 bits per heavy atom. The van der Waals surface area contributed by atoms with Crippen LogP contribution in [0.25, 0.3) is 0 Å². The van der Waals surface area contributed by atoms with Gasteiger partial charge in [-0.1, -0.05) is 6.92 Å². The quantitative estimate of drug-likeness (QED) is 0.631. The topological polar surface area (TPSA) is 40.6 Å². The first-order valence-corrected chi connectivity index (χ1v) is 6.29. The van der Waals surface area contributed by atoms with Gasteiger partial charge in [0.15, 0.2) is 17.1 Å². The number of rotatable bonds is 4. The molecule has 2 heterocycles. The Morgan fingerprint density at radius 1 is 1.31 bits per heavy atom. The summed E-state index contributed by atoms with van der Waals surface area (Å²) >= 11 is 0. The van der Waals surface area contributed by atoms with Crippen LogP contribution in [-0.2, 0) is 9.59 Å². The van der Waals surface area contributed by atoms with Gasteiger partial charge in [-0.3, -0.25) is 19.4 Å². The van der Waals surface area contributed by atoms with Crippen LogP contribution in [0.15, 0.2) is 0 Å². The Morgan fingerprint density at radius 2 is 1.94 bits per heavy atom. The van der Waals surface area contributed by atoms with E-state index in [4.69, 9.17) is 0 Å². The van der Waals surface area contributed by atoms with Crippen LogP contribution in [0, 0.1) is 0 Å². The van der Waals surface area contributed by atoms with Crippen LogP contribution in [0.1, 0.15) is 26.2 Å². The molecule has 1 saturated carbocycles. The first kappa shape index (κ1) is 10.4. The lowest BCUT2D eigenvalue weighted by molar-refractivity contribution is -0.131. The number of hydrogen-bond acceptors (Lipinski definition) is 4. The number of carbonyl (C=O) groups is 2. The van der Waals surface area contributed by atoms with E-state index in [2.05, 4.69) is 9.80 Å². The zero-order valence-electron chi connectivity index (χ0n) is 9.74. The highest BCUT2D eigenvalue weighted by atomic mass is 16.2. The summed E-state index contributed by atoms with van der Waals surface area (Å²) in [4.78, 5) is 28.5. The molecule has 3 fully saturated rings. The van der Waals surface area contributed by atoms with Gasteiger partial charge in [-0.25, -0.2) is 0 Å². The summed E-state index contributed by atoms with van der Waals surface area (Å²) in [6.45, 7) is 5.68. The Kier molecular flexibility index (Phi) is 2.20. The fourth-order valence-corrected chi connectivity index (χ4v) is 3.04. The summed E-state index contributed by atoms with van der Waals surface area (Å²) in [7, 11) is 0. The molecule has 16 heavy (non-hydrogen) atoms. The normalized spacial score (nSPS) is 39.1. The van der Waals surface area contributed by atoms with Crippen molar-refractivity contribution in [3.63, 3.8) is 0 Å². The van der Waals surface area contributed by atoms with Crippen molar-refractivity contribution in [3.05, 3.63) is 0 Å². The van der Waals surface area contributed by atoms with Crippen molar-refractivity contribution in [1.29, 1.82) is 0 Å². The third-order valence-electron chi connectivity index (χ3n) is 4.29. The van der Waals surface area contributed by atoms with Crippen LogP contribution in [0.2, 0.25) is 0 Å². The second-order valence-electron chi connectivity index (χ2n) is 5.04. The maximum Gasteiger partial charge on any atom is 0.182 e. The summed E-state index contributed by atoms with van der Waals surface area (Å²) in [6.07, 6.45) is 2.77. The van der Waals surface area contributed by atoms with Gasteiger partial charge in [-0.15, -0.1) is 0 Å². The molecule has 2 aliphatic heterocycles. The highest BCUT2D eigenvalue weighted by molar-refractivity contribution is 6.29. The standard InChI is InChI=1S/C12H18N2O2/c1-2-9(15)12(14-7-4-8-14)10(11(12)16)13-5-3-6-13/h10H,2-8H2,1H3. The molecule has 0 bridgehead atoms. The van der Waals surface area contributed by atoms with Crippen molar-refractivity contribution in [1.82, 2.24) is 9.80 Å². The molecule has 0 spiro atoms. The molecule has 3 rings (SSSR count).